The fourth-order valence-electron chi connectivity index (χ4n) is 4.19. The van der Waals surface area contributed by atoms with Crippen molar-refractivity contribution in [3.8, 4) is 5.75 Å². The molecule has 2 N–H and O–H groups in total. The summed E-state index contributed by atoms with van der Waals surface area (Å²) >= 11 is 0. The minimum Gasteiger partial charge on any atom is -0.497 e. The van der Waals surface area contributed by atoms with Crippen molar-refractivity contribution in [2.75, 3.05) is 35.7 Å². The molecule has 1 fully saturated rings. The van der Waals surface area contributed by atoms with E-state index < -0.39 is 17.8 Å². The van der Waals surface area contributed by atoms with Gasteiger partial charge in [0.15, 0.2) is 0 Å². The predicted molar refractivity (Wildman–Crippen MR) is 136 cm³/mol. The van der Waals surface area contributed by atoms with E-state index in [1.807, 2.05) is 13.0 Å². The van der Waals surface area contributed by atoms with Crippen LogP contribution in [-0.2, 0) is 12.7 Å². The summed E-state index contributed by atoms with van der Waals surface area (Å²) in [5, 5.41) is 5.56. The Bertz CT molecular complexity index is 1300. The van der Waals surface area contributed by atoms with Gasteiger partial charge in [-0.15, -0.1) is 0 Å². The average molecular weight is 513 g/mol. The number of hydrogen-bond donors (Lipinski definition) is 2. The minimum absolute atomic E-state index is 0.0458. The number of hydrogen-bond acceptors (Lipinski definition) is 3. The Kier molecular flexibility index (Phi) is 7.56. The molecule has 0 radical (unpaired) electrons. The second-order valence-corrected chi connectivity index (χ2v) is 8.74. The number of aryl methyl sites for hydroxylation is 1. The molecular formula is C27H27F3N4O3. The number of halogens is 3. The first-order valence-electron chi connectivity index (χ1n) is 11.7. The first kappa shape index (κ1) is 25.9. The van der Waals surface area contributed by atoms with Crippen LogP contribution in [-0.4, -0.2) is 37.2 Å². The quantitative estimate of drug-likeness (QED) is 0.396. The highest BCUT2D eigenvalue weighted by Crippen LogP contribution is 2.32. The van der Waals surface area contributed by atoms with E-state index in [2.05, 4.69) is 10.6 Å². The second-order valence-electron chi connectivity index (χ2n) is 8.74. The van der Waals surface area contributed by atoms with Crippen molar-refractivity contribution in [2.45, 2.75) is 26.1 Å². The topological polar surface area (TPSA) is 73.9 Å². The molecule has 0 unspecified atom stereocenters. The Morgan fingerprint density at radius 1 is 1.00 bits per heavy atom. The lowest BCUT2D eigenvalue weighted by Crippen LogP contribution is -2.49. The Morgan fingerprint density at radius 3 is 2.54 bits per heavy atom. The van der Waals surface area contributed by atoms with Crippen molar-refractivity contribution < 1.29 is 27.5 Å². The van der Waals surface area contributed by atoms with Gasteiger partial charge in [0.25, 0.3) is 0 Å². The van der Waals surface area contributed by atoms with E-state index >= 15 is 0 Å². The zero-order valence-corrected chi connectivity index (χ0v) is 20.4. The third kappa shape index (κ3) is 6.32. The molecule has 194 valence electrons. The van der Waals surface area contributed by atoms with E-state index in [9.17, 15) is 22.8 Å². The molecule has 0 bridgehead atoms. The summed E-state index contributed by atoms with van der Waals surface area (Å²) in [5.74, 6) is 0.591. The number of ether oxygens (including phenoxy) is 1. The molecule has 0 aliphatic carbocycles. The van der Waals surface area contributed by atoms with Gasteiger partial charge in [-0.3, -0.25) is 4.90 Å². The molecule has 3 aromatic rings. The SMILES string of the molecule is COc1cccc(NC(=O)Nc2cc(C)ccc2N2CCCN(Cc3cccc(C(F)(F)F)c3)C2=O)c1. The van der Waals surface area contributed by atoms with E-state index in [1.165, 1.54) is 23.0 Å². The van der Waals surface area contributed by atoms with Gasteiger partial charge in [0, 0.05) is 31.4 Å². The smallest absolute Gasteiger partial charge is 0.416 e. The molecule has 4 rings (SSSR count). The first-order valence-corrected chi connectivity index (χ1v) is 11.7. The number of methoxy groups -OCH3 is 1. The summed E-state index contributed by atoms with van der Waals surface area (Å²) in [4.78, 5) is 29.2. The number of rotatable bonds is 6. The van der Waals surface area contributed by atoms with Crippen LogP contribution in [0.2, 0.25) is 0 Å². The van der Waals surface area contributed by atoms with Crippen molar-refractivity contribution in [3.05, 3.63) is 83.4 Å². The summed E-state index contributed by atoms with van der Waals surface area (Å²) in [6.45, 7) is 2.74. The third-order valence-electron chi connectivity index (χ3n) is 5.96. The Labute approximate surface area is 212 Å². The van der Waals surface area contributed by atoms with Crippen LogP contribution >= 0.6 is 0 Å². The van der Waals surface area contributed by atoms with Crippen molar-refractivity contribution in [1.82, 2.24) is 4.90 Å². The lowest BCUT2D eigenvalue weighted by atomic mass is 10.1. The second kappa shape index (κ2) is 10.8. The fraction of sp³-hybridized carbons (Fsp3) is 0.259. The highest BCUT2D eigenvalue weighted by Gasteiger charge is 2.32. The monoisotopic (exact) mass is 512 g/mol. The molecule has 1 aliphatic rings. The Morgan fingerprint density at radius 2 is 1.78 bits per heavy atom. The maximum atomic E-state index is 13.4. The van der Waals surface area contributed by atoms with E-state index in [4.69, 9.17) is 4.74 Å². The van der Waals surface area contributed by atoms with Crippen molar-refractivity contribution in [2.24, 2.45) is 0 Å². The number of benzene rings is 3. The van der Waals surface area contributed by atoms with Crippen LogP contribution in [0, 0.1) is 6.92 Å². The van der Waals surface area contributed by atoms with Gasteiger partial charge in [0.1, 0.15) is 5.75 Å². The average Bonchev–Trinajstić information content (AvgIpc) is 2.85. The number of carbonyl (C=O) groups excluding carboxylic acids is 2. The molecule has 7 nitrogen and oxygen atoms in total. The number of anilines is 3. The van der Waals surface area contributed by atoms with Crippen LogP contribution in [0.25, 0.3) is 0 Å². The summed E-state index contributed by atoms with van der Waals surface area (Å²) in [7, 11) is 1.53. The van der Waals surface area contributed by atoms with Crippen LogP contribution < -0.4 is 20.3 Å². The lowest BCUT2D eigenvalue weighted by molar-refractivity contribution is -0.137. The van der Waals surface area contributed by atoms with Gasteiger partial charge in [-0.05, 0) is 60.9 Å². The molecule has 0 atom stereocenters. The molecule has 0 spiro atoms. The fourth-order valence-corrected chi connectivity index (χ4v) is 4.19. The zero-order valence-electron chi connectivity index (χ0n) is 20.4. The molecule has 3 aromatic carbocycles. The third-order valence-corrected chi connectivity index (χ3v) is 5.96. The van der Waals surface area contributed by atoms with Gasteiger partial charge in [0.2, 0.25) is 0 Å². The molecule has 0 saturated carbocycles. The predicted octanol–water partition coefficient (Wildman–Crippen LogP) is 6.50. The Hall–Kier alpha value is -4.21. The van der Waals surface area contributed by atoms with Gasteiger partial charge in [-0.1, -0.05) is 24.3 Å². The number of amides is 4. The van der Waals surface area contributed by atoms with Crippen molar-refractivity contribution >= 4 is 29.1 Å². The summed E-state index contributed by atoms with van der Waals surface area (Å²) in [6, 6.07) is 16.4. The van der Waals surface area contributed by atoms with Crippen LogP contribution in [0.3, 0.4) is 0 Å². The van der Waals surface area contributed by atoms with Gasteiger partial charge in [0.05, 0.1) is 24.0 Å². The van der Waals surface area contributed by atoms with E-state index in [1.54, 1.807) is 42.5 Å². The molecule has 37 heavy (non-hydrogen) atoms. The molecule has 0 aromatic heterocycles. The standard InChI is InChI=1S/C27H27F3N4O3/c1-18-10-11-24(23(14-18)32-25(35)31-21-8-4-9-22(16-21)37-2)34-13-5-12-33(26(34)36)17-19-6-3-7-20(15-19)27(28,29)30/h3-4,6-11,14-16H,5,12-13,17H2,1-2H3,(H2,31,32,35). The Balaban J connectivity index is 1.52. The van der Waals surface area contributed by atoms with E-state index in [0.717, 1.165) is 17.7 Å². The lowest BCUT2D eigenvalue weighted by Gasteiger charge is -2.36. The van der Waals surface area contributed by atoms with Crippen molar-refractivity contribution in [1.29, 1.82) is 0 Å². The zero-order chi connectivity index (χ0) is 26.6. The maximum Gasteiger partial charge on any atom is 0.416 e. The molecular weight excluding hydrogens is 485 g/mol. The van der Waals surface area contributed by atoms with Crippen LogP contribution in [0.1, 0.15) is 23.1 Å². The molecule has 10 heteroatoms. The number of urea groups is 2. The van der Waals surface area contributed by atoms with Gasteiger partial charge >= 0.3 is 18.2 Å². The molecule has 4 amide bonds. The number of nitrogens with zero attached hydrogens (tertiary/aromatic N) is 2. The normalized spacial score (nSPS) is 13.9. The first-order chi connectivity index (χ1) is 17.6. The minimum atomic E-state index is -4.46. The molecule has 1 heterocycles. The largest absolute Gasteiger partial charge is 0.497 e. The van der Waals surface area contributed by atoms with Crippen LogP contribution in [0.5, 0.6) is 5.75 Å². The number of nitrogens with one attached hydrogen (secondary N) is 2. The molecule has 1 saturated heterocycles. The number of alkyl halides is 3. The van der Waals surface area contributed by atoms with E-state index in [0.29, 0.717) is 47.9 Å². The number of carbonyl (C=O) groups is 2. The summed E-state index contributed by atoms with van der Waals surface area (Å²) in [5.41, 5.74) is 2.00. The van der Waals surface area contributed by atoms with Gasteiger partial charge in [-0.25, -0.2) is 9.59 Å². The van der Waals surface area contributed by atoms with Crippen molar-refractivity contribution in [3.63, 3.8) is 0 Å². The van der Waals surface area contributed by atoms with Crippen LogP contribution in [0.4, 0.5) is 39.8 Å². The van der Waals surface area contributed by atoms with Gasteiger partial charge in [-0.2, -0.15) is 13.2 Å². The van der Waals surface area contributed by atoms with Crippen LogP contribution in [0.15, 0.2) is 66.7 Å². The van der Waals surface area contributed by atoms with E-state index in [-0.39, 0.29) is 12.6 Å². The van der Waals surface area contributed by atoms with Gasteiger partial charge < -0.3 is 20.3 Å². The molecule has 1 aliphatic heterocycles. The summed E-state index contributed by atoms with van der Waals surface area (Å²) < 4.78 is 44.6. The highest BCUT2D eigenvalue weighted by atomic mass is 19.4. The highest BCUT2D eigenvalue weighted by molar-refractivity contribution is 6.04. The maximum absolute atomic E-state index is 13.4. The summed E-state index contributed by atoms with van der Waals surface area (Å²) in [6.07, 6.45) is -3.84.